The van der Waals surface area contributed by atoms with Crippen molar-refractivity contribution in [1.82, 2.24) is 10.3 Å². The van der Waals surface area contributed by atoms with Gasteiger partial charge in [0.15, 0.2) is 5.78 Å². The first-order valence-corrected chi connectivity index (χ1v) is 8.74. The van der Waals surface area contributed by atoms with Gasteiger partial charge >= 0.3 is 0 Å². The van der Waals surface area contributed by atoms with Crippen LogP contribution in [0.3, 0.4) is 0 Å². The molecule has 1 aromatic heterocycles. The van der Waals surface area contributed by atoms with Gasteiger partial charge in [-0.2, -0.15) is 0 Å². The second-order valence-corrected chi connectivity index (χ2v) is 6.77. The lowest BCUT2D eigenvalue weighted by atomic mass is 10.0. The zero-order chi connectivity index (χ0) is 18.7. The summed E-state index contributed by atoms with van der Waals surface area (Å²) in [7, 11) is 0. The molecule has 1 aromatic carbocycles. The van der Waals surface area contributed by atoms with Crippen molar-refractivity contribution in [3.05, 3.63) is 64.3 Å². The first-order chi connectivity index (χ1) is 12.4. The number of ether oxygens (including phenoxy) is 1. The maximum absolute atomic E-state index is 12.3. The number of hydrogen-bond acceptors (Lipinski definition) is 5. The van der Waals surface area contributed by atoms with Gasteiger partial charge < -0.3 is 10.1 Å². The molecule has 1 atom stereocenters. The lowest BCUT2D eigenvalue weighted by molar-refractivity contribution is -0.113. The topological polar surface area (TPSA) is 68.3 Å². The number of carbonyl (C=O) groups excluding carboxylic acids is 2. The highest BCUT2D eigenvalue weighted by Gasteiger charge is 2.24. The summed E-state index contributed by atoms with van der Waals surface area (Å²) >= 11 is 16.9. The number of carbonyl (C=O) groups is 2. The summed E-state index contributed by atoms with van der Waals surface area (Å²) in [4.78, 5) is 28.6. The highest BCUT2D eigenvalue weighted by atomic mass is 35.5. The van der Waals surface area contributed by atoms with E-state index >= 15 is 0 Å². The monoisotopic (exact) mass is 406 g/mol. The molecule has 1 aliphatic rings. The van der Waals surface area contributed by atoms with Crippen LogP contribution in [0.25, 0.3) is 0 Å². The number of nitrogens with one attached hydrogen (secondary N) is 1. The van der Waals surface area contributed by atoms with E-state index in [-0.39, 0.29) is 17.2 Å². The first-order valence-electron chi connectivity index (χ1n) is 7.57. The van der Waals surface area contributed by atoms with Crippen LogP contribution in [0.2, 0.25) is 10.0 Å². The van der Waals surface area contributed by atoms with Crippen LogP contribution in [0.4, 0.5) is 0 Å². The number of allylic oxidation sites excluding steroid dienone is 1. The number of Topliss-reactive ketones (excluding diaryl/α,β-unsaturated/α-hetero) is 1. The maximum atomic E-state index is 12.3. The Morgan fingerprint density at radius 2 is 2.08 bits per heavy atom. The fourth-order valence-corrected chi connectivity index (χ4v) is 2.93. The summed E-state index contributed by atoms with van der Waals surface area (Å²) in [6, 6.07) is 7.15. The number of aromatic nitrogens is 1. The van der Waals surface area contributed by atoms with E-state index in [4.69, 9.17) is 40.2 Å². The minimum Gasteiger partial charge on any atom is -0.437 e. The van der Waals surface area contributed by atoms with Gasteiger partial charge in [-0.3, -0.25) is 9.59 Å². The molecule has 5 nitrogen and oxygen atoms in total. The Balaban J connectivity index is 1.68. The molecule has 2 aromatic rings. The Morgan fingerprint density at radius 3 is 2.77 bits per heavy atom. The average Bonchev–Trinajstić information content (AvgIpc) is 2.62. The van der Waals surface area contributed by atoms with Crippen LogP contribution >= 0.6 is 35.4 Å². The van der Waals surface area contributed by atoms with E-state index < -0.39 is 11.9 Å². The number of amides is 1. The molecule has 0 saturated heterocycles. The lowest BCUT2D eigenvalue weighted by Gasteiger charge is -2.17. The van der Waals surface area contributed by atoms with Crippen molar-refractivity contribution in [2.75, 3.05) is 0 Å². The fourth-order valence-electron chi connectivity index (χ4n) is 2.26. The second-order valence-electron chi connectivity index (χ2n) is 5.43. The van der Waals surface area contributed by atoms with E-state index in [1.807, 2.05) is 0 Å². The number of thiocarbonyl (C=S) groups is 1. The van der Waals surface area contributed by atoms with Crippen LogP contribution in [0, 0.1) is 0 Å². The number of ketones is 1. The highest BCUT2D eigenvalue weighted by molar-refractivity contribution is 7.82. The van der Waals surface area contributed by atoms with E-state index in [9.17, 15) is 9.59 Å². The van der Waals surface area contributed by atoms with Gasteiger partial charge in [-0.1, -0.05) is 47.6 Å². The van der Waals surface area contributed by atoms with E-state index in [0.29, 0.717) is 27.1 Å². The summed E-state index contributed by atoms with van der Waals surface area (Å²) in [6.45, 7) is 0. The summed E-state index contributed by atoms with van der Waals surface area (Å²) in [5.41, 5.74) is 0.289. The minimum absolute atomic E-state index is 0.263. The zero-order valence-corrected chi connectivity index (χ0v) is 15.6. The summed E-state index contributed by atoms with van der Waals surface area (Å²) < 4.78 is 5.56. The van der Waals surface area contributed by atoms with E-state index in [1.54, 1.807) is 30.4 Å². The van der Waals surface area contributed by atoms with Crippen molar-refractivity contribution in [2.45, 2.75) is 12.5 Å². The highest BCUT2D eigenvalue weighted by Crippen LogP contribution is 2.30. The predicted octanol–water partition coefficient (Wildman–Crippen LogP) is 4.18. The van der Waals surface area contributed by atoms with Crippen molar-refractivity contribution in [3.63, 3.8) is 0 Å². The molecule has 1 aliphatic carbocycles. The average molecular weight is 407 g/mol. The van der Waals surface area contributed by atoms with Crippen molar-refractivity contribution in [3.8, 4) is 11.6 Å². The molecule has 0 aliphatic heterocycles. The van der Waals surface area contributed by atoms with Crippen LogP contribution in [0.15, 0.2) is 48.7 Å². The number of pyridine rings is 1. The molecule has 8 heteroatoms. The molecular formula is C18H12Cl2N2O3S. The minimum atomic E-state index is -0.743. The molecule has 26 heavy (non-hydrogen) atoms. The Kier molecular flexibility index (Phi) is 5.66. The third-order valence-electron chi connectivity index (χ3n) is 3.58. The molecule has 3 rings (SSSR count). The second kappa shape index (κ2) is 7.95. The molecule has 0 bridgehead atoms. The molecule has 0 fully saturated rings. The van der Waals surface area contributed by atoms with Crippen LogP contribution in [-0.4, -0.2) is 27.6 Å². The summed E-state index contributed by atoms with van der Waals surface area (Å²) in [5, 5.41) is 3.46. The van der Waals surface area contributed by atoms with E-state index in [0.717, 1.165) is 0 Å². The number of halogens is 2. The predicted molar refractivity (Wildman–Crippen MR) is 103 cm³/mol. The van der Waals surface area contributed by atoms with E-state index in [2.05, 4.69) is 10.3 Å². The Labute approximate surface area is 165 Å². The molecule has 1 heterocycles. The third kappa shape index (κ3) is 4.27. The standard InChI is InChI=1S/C18H12Cl2N2O3S/c19-11-5-6-14(12(20)8-11)25-16-7-4-10(9-21-16)18(24)22-13-2-1-3-15(26)17(13)23/h1-2,4-9,13H,3H2,(H,22,24). The molecule has 0 radical (unpaired) electrons. The Morgan fingerprint density at radius 1 is 1.27 bits per heavy atom. The molecular weight excluding hydrogens is 395 g/mol. The third-order valence-corrected chi connectivity index (χ3v) is 4.48. The van der Waals surface area contributed by atoms with Crippen LogP contribution in [0.1, 0.15) is 16.8 Å². The fraction of sp³-hybridized carbons (Fsp3) is 0.111. The van der Waals surface area contributed by atoms with Crippen LogP contribution in [0.5, 0.6) is 11.6 Å². The SMILES string of the molecule is O=C(NC1C=CCC(=S)C1=O)c1ccc(Oc2ccc(Cl)cc2Cl)nc1. The van der Waals surface area contributed by atoms with Crippen LogP contribution in [-0.2, 0) is 4.79 Å². The molecule has 1 amide bonds. The number of nitrogens with zero attached hydrogens (tertiary/aromatic N) is 1. The van der Waals surface area contributed by atoms with Crippen LogP contribution < -0.4 is 10.1 Å². The summed E-state index contributed by atoms with van der Waals surface area (Å²) in [5.74, 6) is -0.0322. The smallest absolute Gasteiger partial charge is 0.253 e. The zero-order valence-electron chi connectivity index (χ0n) is 13.2. The Bertz CT molecular complexity index is 913. The largest absolute Gasteiger partial charge is 0.437 e. The van der Waals surface area contributed by atoms with Gasteiger partial charge in [-0.05, 0) is 24.3 Å². The van der Waals surface area contributed by atoms with Gasteiger partial charge in [-0.15, -0.1) is 0 Å². The first kappa shape index (κ1) is 18.5. The van der Waals surface area contributed by atoms with Crippen molar-refractivity contribution < 1.29 is 14.3 Å². The van der Waals surface area contributed by atoms with Gasteiger partial charge in [0.2, 0.25) is 5.88 Å². The van der Waals surface area contributed by atoms with Gasteiger partial charge in [0.1, 0.15) is 11.8 Å². The van der Waals surface area contributed by atoms with Gasteiger partial charge in [0.25, 0.3) is 5.91 Å². The molecule has 1 unspecified atom stereocenters. The number of hydrogen-bond donors (Lipinski definition) is 1. The maximum Gasteiger partial charge on any atom is 0.253 e. The van der Waals surface area contributed by atoms with Crippen molar-refractivity contribution in [1.29, 1.82) is 0 Å². The van der Waals surface area contributed by atoms with Gasteiger partial charge in [0.05, 0.1) is 15.5 Å². The molecule has 0 spiro atoms. The van der Waals surface area contributed by atoms with Crippen molar-refractivity contribution >= 4 is 52.0 Å². The quantitative estimate of drug-likeness (QED) is 0.609. The lowest BCUT2D eigenvalue weighted by Crippen LogP contribution is -2.43. The normalized spacial score (nSPS) is 16.5. The van der Waals surface area contributed by atoms with Gasteiger partial charge in [-0.25, -0.2) is 4.98 Å². The number of benzene rings is 1. The summed E-state index contributed by atoms with van der Waals surface area (Å²) in [6.07, 6.45) is 5.18. The molecule has 1 N–H and O–H groups in total. The molecule has 132 valence electrons. The number of rotatable bonds is 4. The van der Waals surface area contributed by atoms with Gasteiger partial charge in [0, 0.05) is 23.7 Å². The molecule has 0 saturated carbocycles. The Hall–Kier alpha value is -2.28. The van der Waals surface area contributed by atoms with Crippen molar-refractivity contribution in [2.24, 2.45) is 0 Å². The van der Waals surface area contributed by atoms with E-state index in [1.165, 1.54) is 18.3 Å².